The molecule has 2 aromatic rings. The van der Waals surface area contributed by atoms with Crippen LogP contribution in [0.2, 0.25) is 0 Å². The lowest BCUT2D eigenvalue weighted by Gasteiger charge is -2.32. The van der Waals surface area contributed by atoms with Gasteiger partial charge in [0.1, 0.15) is 0 Å². The van der Waals surface area contributed by atoms with Crippen LogP contribution in [0.1, 0.15) is 36.8 Å². The van der Waals surface area contributed by atoms with Crippen molar-refractivity contribution in [3.63, 3.8) is 0 Å². The van der Waals surface area contributed by atoms with E-state index in [0.29, 0.717) is 6.54 Å². The molecule has 2 unspecified atom stereocenters. The topological polar surface area (TPSA) is 52.7 Å². The third-order valence-electron chi connectivity index (χ3n) is 6.49. The fourth-order valence-corrected chi connectivity index (χ4v) is 4.74. The van der Waals surface area contributed by atoms with Crippen molar-refractivity contribution < 1.29 is 9.59 Å². The van der Waals surface area contributed by atoms with Crippen LogP contribution in [0.5, 0.6) is 0 Å². The summed E-state index contributed by atoms with van der Waals surface area (Å²) in [6.07, 6.45) is 4.51. The number of para-hydroxylation sites is 1. The minimum atomic E-state index is -0.236. The van der Waals surface area contributed by atoms with E-state index in [0.717, 1.165) is 55.6 Å². The van der Waals surface area contributed by atoms with E-state index in [-0.39, 0.29) is 23.7 Å². The second-order valence-corrected chi connectivity index (χ2v) is 8.64. The third-order valence-corrected chi connectivity index (χ3v) is 6.49. The molecule has 1 aliphatic carbocycles. The monoisotopic (exact) mass is 405 g/mol. The van der Waals surface area contributed by atoms with Gasteiger partial charge in [0.05, 0.1) is 5.92 Å². The maximum absolute atomic E-state index is 13.4. The van der Waals surface area contributed by atoms with Gasteiger partial charge in [0.15, 0.2) is 0 Å². The maximum Gasteiger partial charge on any atom is 0.230 e. The fourth-order valence-electron chi connectivity index (χ4n) is 4.74. The number of nitrogens with zero attached hydrogens (tertiary/aromatic N) is 2. The first-order valence-electron chi connectivity index (χ1n) is 11.0. The van der Waals surface area contributed by atoms with Gasteiger partial charge in [0, 0.05) is 44.5 Å². The summed E-state index contributed by atoms with van der Waals surface area (Å²) < 4.78 is 0. The number of carbonyl (C=O) groups is 2. The van der Waals surface area contributed by atoms with Crippen LogP contribution in [0.4, 0.5) is 11.4 Å². The van der Waals surface area contributed by atoms with Gasteiger partial charge in [0.25, 0.3) is 0 Å². The van der Waals surface area contributed by atoms with Crippen LogP contribution < -0.4 is 15.1 Å². The van der Waals surface area contributed by atoms with E-state index < -0.39 is 0 Å². The van der Waals surface area contributed by atoms with Gasteiger partial charge in [0.2, 0.25) is 11.8 Å². The van der Waals surface area contributed by atoms with Crippen LogP contribution in [-0.2, 0) is 22.6 Å². The van der Waals surface area contributed by atoms with Crippen molar-refractivity contribution in [2.24, 2.45) is 11.8 Å². The Bertz CT molecular complexity index is 907. The van der Waals surface area contributed by atoms with E-state index in [1.165, 1.54) is 5.56 Å². The molecule has 1 N–H and O–H groups in total. The predicted octanol–water partition coefficient (Wildman–Crippen LogP) is 3.76. The fraction of sp³-hybridized carbons (Fsp3) is 0.440. The lowest BCUT2D eigenvalue weighted by atomic mass is 9.77. The second-order valence-electron chi connectivity index (χ2n) is 8.64. The van der Waals surface area contributed by atoms with Crippen molar-refractivity contribution in [2.75, 3.05) is 30.4 Å². The number of benzene rings is 2. The third kappa shape index (κ3) is 4.20. The molecule has 0 radical (unpaired) electrons. The molecule has 0 spiro atoms. The Balaban J connectivity index is 1.42. The van der Waals surface area contributed by atoms with Crippen molar-refractivity contribution in [1.29, 1.82) is 0 Å². The van der Waals surface area contributed by atoms with Gasteiger partial charge in [-0.3, -0.25) is 9.59 Å². The molecule has 2 aliphatic rings. The highest BCUT2D eigenvalue weighted by atomic mass is 16.2. The highest BCUT2D eigenvalue weighted by molar-refractivity contribution is 5.99. The Morgan fingerprint density at radius 2 is 1.70 bits per heavy atom. The molecule has 2 aromatic carbocycles. The standard InChI is InChI=1S/C25H31N3O2/c1-27(2)20-13-11-18(12-14-20)17-26-24(29)21-8-4-5-9-22(21)25(30)28-16-15-19-7-3-6-10-23(19)28/h3,6-7,10-14,21-22H,4-5,8-9,15-17H2,1-2H3,(H,26,29). The van der Waals surface area contributed by atoms with Gasteiger partial charge in [-0.1, -0.05) is 43.2 Å². The zero-order valence-corrected chi connectivity index (χ0v) is 17.9. The first kappa shape index (κ1) is 20.5. The Hall–Kier alpha value is -2.82. The Labute approximate surface area is 179 Å². The van der Waals surface area contributed by atoms with Crippen molar-refractivity contribution in [1.82, 2.24) is 5.32 Å². The van der Waals surface area contributed by atoms with E-state index in [9.17, 15) is 9.59 Å². The Morgan fingerprint density at radius 1 is 1.00 bits per heavy atom. The van der Waals surface area contributed by atoms with Crippen LogP contribution in [-0.4, -0.2) is 32.5 Å². The number of carbonyl (C=O) groups excluding carboxylic acids is 2. The summed E-state index contributed by atoms with van der Waals surface area (Å²) in [5.74, 6) is -0.326. The molecular weight excluding hydrogens is 374 g/mol. The SMILES string of the molecule is CN(C)c1ccc(CNC(=O)C2CCCCC2C(=O)N2CCc3ccccc32)cc1. The van der Waals surface area contributed by atoms with Crippen LogP contribution in [0, 0.1) is 11.8 Å². The maximum atomic E-state index is 13.4. The average Bonchev–Trinajstić information content (AvgIpc) is 3.21. The summed E-state index contributed by atoms with van der Waals surface area (Å²) in [4.78, 5) is 30.4. The number of fused-ring (bicyclic) bond motifs is 1. The molecule has 0 saturated heterocycles. The summed E-state index contributed by atoms with van der Waals surface area (Å²) >= 11 is 0. The summed E-state index contributed by atoms with van der Waals surface area (Å²) in [5, 5.41) is 3.09. The van der Waals surface area contributed by atoms with Gasteiger partial charge < -0.3 is 15.1 Å². The molecular formula is C25H31N3O2. The molecule has 1 heterocycles. The lowest BCUT2D eigenvalue weighted by molar-refractivity contribution is -0.135. The van der Waals surface area contributed by atoms with Crippen molar-refractivity contribution in [3.8, 4) is 0 Å². The second kappa shape index (κ2) is 8.90. The Kier molecular flexibility index (Phi) is 6.07. The molecule has 1 saturated carbocycles. The number of rotatable bonds is 5. The van der Waals surface area contributed by atoms with Crippen LogP contribution >= 0.6 is 0 Å². The van der Waals surface area contributed by atoms with Crippen molar-refractivity contribution in [3.05, 3.63) is 59.7 Å². The largest absolute Gasteiger partial charge is 0.378 e. The molecule has 2 atom stereocenters. The Morgan fingerprint density at radius 3 is 2.43 bits per heavy atom. The highest BCUT2D eigenvalue weighted by Gasteiger charge is 2.39. The number of nitrogens with one attached hydrogen (secondary N) is 1. The van der Waals surface area contributed by atoms with E-state index in [1.54, 1.807) is 0 Å². The van der Waals surface area contributed by atoms with Gasteiger partial charge in [-0.2, -0.15) is 0 Å². The summed E-state index contributed by atoms with van der Waals surface area (Å²) in [6.45, 7) is 1.22. The number of hydrogen-bond acceptors (Lipinski definition) is 3. The van der Waals surface area contributed by atoms with Gasteiger partial charge in [-0.25, -0.2) is 0 Å². The quantitative estimate of drug-likeness (QED) is 0.824. The summed E-state index contributed by atoms with van der Waals surface area (Å²) in [5.41, 5.74) is 4.45. The number of hydrogen-bond donors (Lipinski definition) is 1. The summed E-state index contributed by atoms with van der Waals surface area (Å²) in [6, 6.07) is 16.3. The molecule has 158 valence electrons. The number of anilines is 2. The normalized spacial score (nSPS) is 20.5. The minimum absolute atomic E-state index is 0.0113. The molecule has 5 nitrogen and oxygen atoms in total. The van der Waals surface area contributed by atoms with Gasteiger partial charge >= 0.3 is 0 Å². The zero-order valence-electron chi connectivity index (χ0n) is 17.9. The molecule has 5 heteroatoms. The van der Waals surface area contributed by atoms with Crippen LogP contribution in [0.15, 0.2) is 48.5 Å². The molecule has 2 amide bonds. The first-order chi connectivity index (χ1) is 14.5. The molecule has 30 heavy (non-hydrogen) atoms. The van der Waals surface area contributed by atoms with E-state index in [1.807, 2.05) is 49.3 Å². The molecule has 0 aromatic heterocycles. The zero-order chi connectivity index (χ0) is 21.1. The minimum Gasteiger partial charge on any atom is -0.378 e. The van der Waals surface area contributed by atoms with Crippen molar-refractivity contribution in [2.45, 2.75) is 38.6 Å². The smallest absolute Gasteiger partial charge is 0.230 e. The van der Waals surface area contributed by atoms with Crippen molar-refractivity contribution >= 4 is 23.2 Å². The first-order valence-corrected chi connectivity index (χ1v) is 11.0. The molecule has 1 aliphatic heterocycles. The van der Waals surface area contributed by atoms with E-state index >= 15 is 0 Å². The van der Waals surface area contributed by atoms with Gasteiger partial charge in [-0.05, 0) is 48.6 Å². The summed E-state index contributed by atoms with van der Waals surface area (Å²) in [7, 11) is 4.02. The van der Waals surface area contributed by atoms with Gasteiger partial charge in [-0.15, -0.1) is 0 Å². The number of amides is 2. The van der Waals surface area contributed by atoms with Crippen LogP contribution in [0.25, 0.3) is 0 Å². The predicted molar refractivity (Wildman–Crippen MR) is 121 cm³/mol. The van der Waals surface area contributed by atoms with Crippen LogP contribution in [0.3, 0.4) is 0 Å². The van der Waals surface area contributed by atoms with E-state index in [2.05, 4.69) is 28.4 Å². The average molecular weight is 406 g/mol. The highest BCUT2D eigenvalue weighted by Crippen LogP contribution is 2.36. The molecule has 1 fully saturated rings. The molecule has 0 bridgehead atoms. The lowest BCUT2D eigenvalue weighted by Crippen LogP contribution is -2.45. The van der Waals surface area contributed by atoms with E-state index in [4.69, 9.17) is 0 Å². The molecule has 4 rings (SSSR count).